The summed E-state index contributed by atoms with van der Waals surface area (Å²) in [6, 6.07) is 14.0. The number of nitrogens with zero attached hydrogens (tertiary/aromatic N) is 3. The molecule has 0 radical (unpaired) electrons. The van der Waals surface area contributed by atoms with Gasteiger partial charge in [-0.1, -0.05) is 24.3 Å². The molecular formula is C20H24N4O4. The molecule has 2 aromatic carbocycles. The SMILES string of the molecule is COc1ccccc1N1CCN(CCNC(=O)c2ccccc2[N+](=O)[O-])CC1. The molecule has 0 unspecified atom stereocenters. The third kappa shape index (κ3) is 4.58. The standard InChI is InChI=1S/C20H24N4O4/c1-28-19-9-5-4-8-18(19)23-14-12-22(13-15-23)11-10-21-20(25)16-6-2-3-7-17(16)24(26)27/h2-9H,10-15H2,1H3,(H,21,25). The Labute approximate surface area is 163 Å². The first-order valence-corrected chi connectivity index (χ1v) is 9.22. The first-order chi connectivity index (χ1) is 13.6. The molecule has 1 N–H and O–H groups in total. The lowest BCUT2D eigenvalue weighted by Gasteiger charge is -2.36. The second-order valence-corrected chi connectivity index (χ2v) is 6.53. The van der Waals surface area contributed by atoms with Crippen molar-refractivity contribution in [1.29, 1.82) is 0 Å². The summed E-state index contributed by atoms with van der Waals surface area (Å²) in [5.41, 5.74) is 1.01. The minimum absolute atomic E-state index is 0.0912. The number of benzene rings is 2. The predicted octanol–water partition coefficient (Wildman–Crippen LogP) is 2.16. The van der Waals surface area contributed by atoms with E-state index in [0.717, 1.165) is 37.6 Å². The molecule has 1 heterocycles. The third-order valence-corrected chi connectivity index (χ3v) is 4.86. The fourth-order valence-corrected chi connectivity index (χ4v) is 3.35. The summed E-state index contributed by atoms with van der Waals surface area (Å²) >= 11 is 0. The predicted molar refractivity (Wildman–Crippen MR) is 107 cm³/mol. The van der Waals surface area contributed by atoms with Crippen LogP contribution in [-0.4, -0.2) is 62.1 Å². The molecule has 28 heavy (non-hydrogen) atoms. The molecule has 1 fully saturated rings. The van der Waals surface area contributed by atoms with Gasteiger partial charge in [-0.15, -0.1) is 0 Å². The van der Waals surface area contributed by atoms with Crippen LogP contribution in [-0.2, 0) is 0 Å². The van der Waals surface area contributed by atoms with Crippen molar-refractivity contribution in [2.45, 2.75) is 0 Å². The highest BCUT2D eigenvalue weighted by Crippen LogP contribution is 2.28. The monoisotopic (exact) mass is 384 g/mol. The molecule has 3 rings (SSSR count). The van der Waals surface area contributed by atoms with Gasteiger partial charge in [0.2, 0.25) is 0 Å². The molecule has 1 aliphatic rings. The normalized spacial score (nSPS) is 14.5. The van der Waals surface area contributed by atoms with Crippen molar-refractivity contribution in [3.05, 3.63) is 64.2 Å². The van der Waals surface area contributed by atoms with Crippen molar-refractivity contribution in [3.63, 3.8) is 0 Å². The van der Waals surface area contributed by atoms with Gasteiger partial charge in [0.05, 0.1) is 17.7 Å². The van der Waals surface area contributed by atoms with E-state index in [-0.39, 0.29) is 11.3 Å². The molecule has 148 valence electrons. The minimum Gasteiger partial charge on any atom is -0.495 e. The summed E-state index contributed by atoms with van der Waals surface area (Å²) in [6.45, 7) is 4.64. The third-order valence-electron chi connectivity index (χ3n) is 4.86. The van der Waals surface area contributed by atoms with Crippen molar-refractivity contribution < 1.29 is 14.5 Å². The molecule has 8 nitrogen and oxygen atoms in total. The highest BCUT2D eigenvalue weighted by molar-refractivity contribution is 5.98. The van der Waals surface area contributed by atoms with Crippen LogP contribution in [0, 0.1) is 10.1 Å². The zero-order valence-electron chi connectivity index (χ0n) is 15.8. The lowest BCUT2D eigenvalue weighted by atomic mass is 10.1. The maximum atomic E-state index is 12.3. The summed E-state index contributed by atoms with van der Waals surface area (Å²) < 4.78 is 5.43. The van der Waals surface area contributed by atoms with Gasteiger partial charge in [-0.05, 0) is 18.2 Å². The van der Waals surface area contributed by atoms with E-state index in [1.165, 1.54) is 12.1 Å². The van der Waals surface area contributed by atoms with Gasteiger partial charge in [-0.25, -0.2) is 0 Å². The van der Waals surface area contributed by atoms with Gasteiger partial charge in [-0.2, -0.15) is 0 Å². The van der Waals surface area contributed by atoms with Gasteiger partial charge in [0.25, 0.3) is 11.6 Å². The number of amides is 1. The molecule has 1 saturated heterocycles. The van der Waals surface area contributed by atoms with E-state index in [0.29, 0.717) is 13.1 Å². The summed E-state index contributed by atoms with van der Waals surface area (Å²) in [5, 5.41) is 13.8. The smallest absolute Gasteiger partial charge is 0.282 e. The van der Waals surface area contributed by atoms with Crippen LogP contribution >= 0.6 is 0 Å². The van der Waals surface area contributed by atoms with Crippen molar-refractivity contribution >= 4 is 17.3 Å². The summed E-state index contributed by atoms with van der Waals surface area (Å²) in [7, 11) is 1.68. The van der Waals surface area contributed by atoms with E-state index < -0.39 is 10.8 Å². The van der Waals surface area contributed by atoms with Gasteiger partial charge < -0.3 is 15.0 Å². The maximum Gasteiger partial charge on any atom is 0.282 e. The van der Waals surface area contributed by atoms with Gasteiger partial charge in [-0.3, -0.25) is 19.8 Å². The Morgan fingerprint density at radius 2 is 1.79 bits per heavy atom. The Hall–Kier alpha value is -3.13. The van der Waals surface area contributed by atoms with E-state index in [9.17, 15) is 14.9 Å². The molecule has 2 aromatic rings. The Morgan fingerprint density at radius 1 is 1.11 bits per heavy atom. The van der Waals surface area contributed by atoms with Crippen LogP contribution in [0.3, 0.4) is 0 Å². The molecule has 1 amide bonds. The van der Waals surface area contributed by atoms with Gasteiger partial charge in [0.1, 0.15) is 11.3 Å². The summed E-state index contributed by atoms with van der Waals surface area (Å²) in [6.07, 6.45) is 0. The minimum atomic E-state index is -0.536. The average Bonchev–Trinajstić information content (AvgIpc) is 2.74. The molecule has 0 spiro atoms. The number of hydrogen-bond donors (Lipinski definition) is 1. The number of rotatable bonds is 7. The van der Waals surface area contributed by atoms with Crippen LogP contribution in [0.15, 0.2) is 48.5 Å². The van der Waals surface area contributed by atoms with Crippen LogP contribution in [0.4, 0.5) is 11.4 Å². The molecule has 1 aliphatic heterocycles. The Balaban J connectivity index is 1.47. The quantitative estimate of drug-likeness (QED) is 0.581. The van der Waals surface area contributed by atoms with Gasteiger partial charge in [0, 0.05) is 45.3 Å². The molecular weight excluding hydrogens is 360 g/mol. The van der Waals surface area contributed by atoms with Crippen molar-refractivity contribution in [3.8, 4) is 5.75 Å². The first-order valence-electron chi connectivity index (χ1n) is 9.22. The highest BCUT2D eigenvalue weighted by Gasteiger charge is 2.21. The summed E-state index contributed by atoms with van der Waals surface area (Å²) in [5.74, 6) is 0.452. The largest absolute Gasteiger partial charge is 0.495 e. The number of hydrogen-bond acceptors (Lipinski definition) is 6. The molecule has 8 heteroatoms. The van der Waals surface area contributed by atoms with Crippen LogP contribution < -0.4 is 15.0 Å². The lowest BCUT2D eigenvalue weighted by molar-refractivity contribution is -0.385. The topological polar surface area (TPSA) is 88.0 Å². The van der Waals surface area contributed by atoms with Crippen molar-refractivity contribution in [2.24, 2.45) is 0 Å². The molecule has 0 saturated carbocycles. The number of nitrogens with one attached hydrogen (secondary N) is 1. The van der Waals surface area contributed by atoms with E-state index in [1.54, 1.807) is 19.2 Å². The fraction of sp³-hybridized carbons (Fsp3) is 0.350. The number of para-hydroxylation sites is 3. The summed E-state index contributed by atoms with van der Waals surface area (Å²) in [4.78, 5) is 27.3. The number of piperazine rings is 1. The second-order valence-electron chi connectivity index (χ2n) is 6.53. The molecule has 0 bridgehead atoms. The number of carbonyl (C=O) groups is 1. The Bertz CT molecular complexity index is 834. The van der Waals surface area contributed by atoms with Gasteiger partial charge in [0.15, 0.2) is 0 Å². The molecule has 0 aliphatic carbocycles. The van der Waals surface area contributed by atoms with E-state index in [2.05, 4.69) is 21.2 Å². The average molecular weight is 384 g/mol. The number of nitro groups is 1. The number of nitro benzene ring substituents is 1. The molecule has 0 atom stereocenters. The number of methoxy groups -OCH3 is 1. The van der Waals surface area contributed by atoms with Crippen molar-refractivity contribution in [2.75, 3.05) is 51.3 Å². The lowest BCUT2D eigenvalue weighted by Crippen LogP contribution is -2.48. The Morgan fingerprint density at radius 3 is 2.50 bits per heavy atom. The molecule has 0 aromatic heterocycles. The van der Waals surface area contributed by atoms with Crippen LogP contribution in [0.25, 0.3) is 0 Å². The van der Waals surface area contributed by atoms with Crippen LogP contribution in [0.1, 0.15) is 10.4 Å². The second kappa shape index (κ2) is 9.18. The number of anilines is 1. The number of ether oxygens (including phenoxy) is 1. The fourth-order valence-electron chi connectivity index (χ4n) is 3.35. The van der Waals surface area contributed by atoms with E-state index in [4.69, 9.17) is 4.74 Å². The zero-order valence-corrected chi connectivity index (χ0v) is 15.8. The number of carbonyl (C=O) groups excluding carboxylic acids is 1. The zero-order chi connectivity index (χ0) is 19.9. The van der Waals surface area contributed by atoms with E-state index >= 15 is 0 Å². The van der Waals surface area contributed by atoms with Gasteiger partial charge >= 0.3 is 0 Å². The first kappa shape index (κ1) is 19.6. The maximum absolute atomic E-state index is 12.3. The van der Waals surface area contributed by atoms with Crippen LogP contribution in [0.2, 0.25) is 0 Å². The van der Waals surface area contributed by atoms with Crippen molar-refractivity contribution in [1.82, 2.24) is 10.2 Å². The van der Waals surface area contributed by atoms with E-state index in [1.807, 2.05) is 18.2 Å². The highest BCUT2D eigenvalue weighted by atomic mass is 16.6. The van der Waals surface area contributed by atoms with Crippen LogP contribution in [0.5, 0.6) is 5.75 Å². The Kier molecular flexibility index (Phi) is 6.44.